The fourth-order valence-corrected chi connectivity index (χ4v) is 4.45. The number of rotatable bonds is 7. The molecule has 1 fully saturated rings. The average Bonchev–Trinajstić information content (AvgIpc) is 3.18. The van der Waals surface area contributed by atoms with E-state index >= 15 is 0 Å². The third-order valence-electron chi connectivity index (χ3n) is 6.27. The van der Waals surface area contributed by atoms with Crippen LogP contribution in [0.25, 0.3) is 22.0 Å². The van der Waals surface area contributed by atoms with Gasteiger partial charge in [0, 0.05) is 23.4 Å². The molecule has 0 radical (unpaired) electrons. The minimum absolute atomic E-state index is 0.0382. The van der Waals surface area contributed by atoms with Crippen molar-refractivity contribution in [2.75, 3.05) is 13.2 Å². The van der Waals surface area contributed by atoms with Gasteiger partial charge in [-0.2, -0.15) is 22.4 Å². The Morgan fingerprint density at radius 1 is 1.25 bits per heavy atom. The van der Waals surface area contributed by atoms with Crippen molar-refractivity contribution in [1.29, 1.82) is 0 Å². The SMILES string of the molecule is CC(C(=O)O)[N+]1(c2ccc3cc(-c4ccccc4C(F)(F)F)[nH]c(=O)c3c2)C[C@H](COC=O)OC1=O. The van der Waals surface area contributed by atoms with Crippen LogP contribution in [0.2, 0.25) is 0 Å². The third kappa shape index (κ3) is 4.19. The van der Waals surface area contributed by atoms with Crippen LogP contribution in [0.4, 0.5) is 23.7 Å². The molecular formula is C24H20F3N2O7+. The van der Waals surface area contributed by atoms with Gasteiger partial charge in [-0.3, -0.25) is 9.59 Å². The number of alkyl halides is 3. The summed E-state index contributed by atoms with van der Waals surface area (Å²) in [4.78, 5) is 50.8. The van der Waals surface area contributed by atoms with Crippen LogP contribution in [-0.4, -0.2) is 53.9 Å². The topological polar surface area (TPSA) is 123 Å². The van der Waals surface area contributed by atoms with Crippen LogP contribution < -0.4 is 10.0 Å². The van der Waals surface area contributed by atoms with E-state index in [1.165, 1.54) is 49.4 Å². The van der Waals surface area contributed by atoms with E-state index in [0.29, 0.717) is 0 Å². The smallest absolute Gasteiger partial charge is 0.477 e. The number of hydrogen-bond acceptors (Lipinski definition) is 6. The van der Waals surface area contributed by atoms with Gasteiger partial charge in [-0.05, 0) is 30.5 Å². The maximum Gasteiger partial charge on any atom is 0.522 e. The second-order valence-corrected chi connectivity index (χ2v) is 8.33. The van der Waals surface area contributed by atoms with Crippen molar-refractivity contribution < 1.29 is 42.1 Å². The van der Waals surface area contributed by atoms with Crippen LogP contribution >= 0.6 is 0 Å². The minimum Gasteiger partial charge on any atom is -0.477 e. The summed E-state index contributed by atoms with van der Waals surface area (Å²) < 4.78 is 49.6. The van der Waals surface area contributed by atoms with Crippen molar-refractivity contribution in [3.63, 3.8) is 0 Å². The van der Waals surface area contributed by atoms with Gasteiger partial charge in [0.25, 0.3) is 12.0 Å². The molecule has 2 heterocycles. The van der Waals surface area contributed by atoms with Gasteiger partial charge in [0.1, 0.15) is 18.8 Å². The maximum atomic E-state index is 13.5. The number of carboxylic acids is 1. The number of hydrogen-bond donors (Lipinski definition) is 2. The molecule has 2 aromatic carbocycles. The van der Waals surface area contributed by atoms with Gasteiger partial charge in [0.05, 0.1) is 10.9 Å². The standard InChI is InChI=1S/C24H19F3N2O7/c1-13(22(32)33)29(10-16(11-35-12-30)36-23(29)34)15-7-6-14-8-20(28-21(31)18(14)9-15)17-4-2-3-5-19(17)24(25,26)27/h2-9,12-13,16H,10-11H2,1H3,(H-,28,31,32,33)/p+1/t13?,16-,29?/m1/s1. The highest BCUT2D eigenvalue weighted by Crippen LogP contribution is 2.38. The molecule has 2 unspecified atom stereocenters. The van der Waals surface area contributed by atoms with Crippen molar-refractivity contribution in [3.05, 3.63) is 64.4 Å². The quantitative estimate of drug-likeness (QED) is 0.371. The first-order chi connectivity index (χ1) is 17.0. The van der Waals surface area contributed by atoms with Crippen molar-refractivity contribution in [3.8, 4) is 11.3 Å². The first kappa shape index (κ1) is 24.9. The number of carbonyl (C=O) groups is 3. The van der Waals surface area contributed by atoms with E-state index in [0.717, 1.165) is 6.07 Å². The average molecular weight is 505 g/mol. The number of carbonyl (C=O) groups excluding carboxylic acids is 2. The number of fused-ring (bicyclic) bond motifs is 1. The van der Waals surface area contributed by atoms with Crippen LogP contribution in [0.5, 0.6) is 0 Å². The summed E-state index contributed by atoms with van der Waals surface area (Å²) in [7, 11) is 0. The zero-order valence-electron chi connectivity index (χ0n) is 18.7. The maximum absolute atomic E-state index is 13.5. The molecule has 1 aromatic heterocycles. The zero-order chi connectivity index (χ0) is 26.3. The second-order valence-electron chi connectivity index (χ2n) is 8.33. The van der Waals surface area contributed by atoms with E-state index in [1.807, 2.05) is 0 Å². The van der Waals surface area contributed by atoms with Crippen LogP contribution in [0.15, 0.2) is 53.3 Å². The number of cyclic esters (lactones) is 1. The lowest BCUT2D eigenvalue weighted by Gasteiger charge is -2.31. The van der Waals surface area contributed by atoms with E-state index in [1.54, 1.807) is 0 Å². The number of ether oxygens (including phenoxy) is 2. The summed E-state index contributed by atoms with van der Waals surface area (Å²) >= 11 is 0. The monoisotopic (exact) mass is 505 g/mol. The highest BCUT2D eigenvalue weighted by molar-refractivity contribution is 5.95. The molecule has 0 saturated carbocycles. The molecule has 1 saturated heterocycles. The number of aromatic amines is 1. The van der Waals surface area contributed by atoms with Crippen molar-refractivity contribution >= 4 is 35.0 Å². The summed E-state index contributed by atoms with van der Waals surface area (Å²) in [6.45, 7) is 1.02. The lowest BCUT2D eigenvalue weighted by atomic mass is 10.0. The molecule has 3 atom stereocenters. The summed E-state index contributed by atoms with van der Waals surface area (Å²) in [6.07, 6.45) is -6.47. The van der Waals surface area contributed by atoms with Gasteiger partial charge in [-0.1, -0.05) is 18.2 Å². The number of benzene rings is 2. The van der Waals surface area contributed by atoms with Crippen LogP contribution in [0, 0.1) is 0 Å². The molecule has 188 valence electrons. The van der Waals surface area contributed by atoms with Gasteiger partial charge in [-0.25, -0.2) is 4.79 Å². The van der Waals surface area contributed by atoms with Crippen molar-refractivity contribution in [1.82, 2.24) is 9.47 Å². The molecule has 12 heteroatoms. The predicted octanol–water partition coefficient (Wildman–Crippen LogP) is 3.69. The Morgan fingerprint density at radius 2 is 1.97 bits per heavy atom. The van der Waals surface area contributed by atoms with Gasteiger partial charge in [0.2, 0.25) is 0 Å². The molecule has 0 spiro atoms. The van der Waals surface area contributed by atoms with Crippen LogP contribution in [0.1, 0.15) is 12.5 Å². The highest BCUT2D eigenvalue weighted by Gasteiger charge is 2.57. The van der Waals surface area contributed by atoms with E-state index < -0.39 is 46.0 Å². The number of amides is 1. The highest BCUT2D eigenvalue weighted by atomic mass is 19.4. The van der Waals surface area contributed by atoms with E-state index in [4.69, 9.17) is 4.74 Å². The van der Waals surface area contributed by atoms with Gasteiger partial charge >= 0.3 is 18.2 Å². The Morgan fingerprint density at radius 3 is 2.64 bits per heavy atom. The number of H-pyrrole nitrogens is 1. The zero-order valence-corrected chi connectivity index (χ0v) is 18.7. The lowest BCUT2D eigenvalue weighted by Crippen LogP contribution is -2.60. The van der Waals surface area contributed by atoms with Crippen molar-refractivity contribution in [2.45, 2.75) is 25.2 Å². The number of nitrogens with zero attached hydrogens (tertiary/aromatic N) is 1. The summed E-state index contributed by atoms with van der Waals surface area (Å²) in [5, 5.41) is 10.0. The fourth-order valence-electron chi connectivity index (χ4n) is 4.45. The molecule has 1 aliphatic rings. The minimum atomic E-state index is -4.64. The third-order valence-corrected chi connectivity index (χ3v) is 6.27. The summed E-state index contributed by atoms with van der Waals surface area (Å²) in [5.74, 6) is -1.31. The predicted molar refractivity (Wildman–Crippen MR) is 121 cm³/mol. The Kier molecular flexibility index (Phi) is 6.31. The Balaban J connectivity index is 1.85. The normalized spacial score (nSPS) is 20.7. The Labute approximate surface area is 201 Å². The molecule has 0 aliphatic carbocycles. The molecule has 3 aromatic rings. The second kappa shape index (κ2) is 9.11. The molecule has 0 bridgehead atoms. The Bertz CT molecular complexity index is 1420. The van der Waals surface area contributed by atoms with Gasteiger partial charge < -0.3 is 19.6 Å². The largest absolute Gasteiger partial charge is 0.522 e. The van der Waals surface area contributed by atoms with Gasteiger partial charge in [0.15, 0.2) is 12.1 Å². The number of aliphatic carboxylic acids is 1. The summed E-state index contributed by atoms with van der Waals surface area (Å²) in [6, 6.07) is 9.02. The molecule has 1 amide bonds. The number of aromatic nitrogens is 1. The molecular weight excluding hydrogens is 485 g/mol. The van der Waals surface area contributed by atoms with Gasteiger partial charge in [-0.15, -0.1) is 0 Å². The lowest BCUT2D eigenvalue weighted by molar-refractivity contribution is -0.141. The molecule has 4 rings (SSSR count). The number of nitrogens with one attached hydrogen (secondary N) is 1. The number of quaternary nitrogens is 1. The Hall–Kier alpha value is -4.19. The fraction of sp³-hybridized carbons (Fsp3) is 0.250. The van der Waals surface area contributed by atoms with E-state index in [9.17, 15) is 37.5 Å². The first-order valence-electron chi connectivity index (χ1n) is 10.7. The summed E-state index contributed by atoms with van der Waals surface area (Å²) in [5.41, 5.74) is -1.78. The molecule has 36 heavy (non-hydrogen) atoms. The molecule has 9 nitrogen and oxygen atoms in total. The van der Waals surface area contributed by atoms with E-state index in [-0.39, 0.29) is 47.3 Å². The van der Waals surface area contributed by atoms with Crippen LogP contribution in [-0.2, 0) is 25.2 Å². The molecule has 2 N–H and O–H groups in total. The van der Waals surface area contributed by atoms with Crippen molar-refractivity contribution in [2.24, 2.45) is 0 Å². The number of carboxylic acid groups (broad SMARTS) is 1. The van der Waals surface area contributed by atoms with E-state index in [2.05, 4.69) is 9.72 Å². The first-order valence-corrected chi connectivity index (χ1v) is 10.7. The number of pyridine rings is 1. The molecule has 1 aliphatic heterocycles. The number of halogens is 3. The van der Waals surface area contributed by atoms with Crippen LogP contribution in [0.3, 0.4) is 0 Å².